The molecule has 2 aromatic rings. The fourth-order valence-electron chi connectivity index (χ4n) is 4.42. The molecule has 8 heteroatoms. The molecule has 2 aromatic carbocycles. The predicted molar refractivity (Wildman–Crippen MR) is 129 cm³/mol. The van der Waals surface area contributed by atoms with Gasteiger partial charge in [-0.3, -0.25) is 9.80 Å². The first-order chi connectivity index (χ1) is 16.5. The third-order valence-corrected chi connectivity index (χ3v) is 6.02. The summed E-state index contributed by atoms with van der Waals surface area (Å²) in [6.07, 6.45) is 0.387. The molecule has 2 atom stereocenters. The molecular weight excluding hydrogens is 436 g/mol. The van der Waals surface area contributed by atoms with Gasteiger partial charge in [-0.15, -0.1) is 0 Å². The molecule has 2 amide bonds. The maximum absolute atomic E-state index is 13.2. The SMILES string of the molecule is CCOC(=O)N(Cc1ccccc1)[C@@H]1C[C@@H](CC)N(C(=O)OCC)c2cc(OC)c(OC)cc21. The number of hydrogen-bond acceptors (Lipinski definition) is 6. The average Bonchev–Trinajstić information content (AvgIpc) is 2.86. The molecule has 184 valence electrons. The smallest absolute Gasteiger partial charge is 0.414 e. The van der Waals surface area contributed by atoms with Crippen LogP contribution in [-0.2, 0) is 16.0 Å². The minimum Gasteiger partial charge on any atom is -0.493 e. The van der Waals surface area contributed by atoms with Gasteiger partial charge in [-0.2, -0.15) is 0 Å². The van der Waals surface area contributed by atoms with Crippen LogP contribution in [0.5, 0.6) is 11.5 Å². The summed E-state index contributed by atoms with van der Waals surface area (Å²) in [6.45, 7) is 6.49. The molecule has 0 bridgehead atoms. The maximum Gasteiger partial charge on any atom is 0.414 e. The molecule has 0 saturated heterocycles. The van der Waals surface area contributed by atoms with Crippen molar-refractivity contribution in [2.24, 2.45) is 0 Å². The number of anilines is 1. The Morgan fingerprint density at radius 2 is 1.62 bits per heavy atom. The summed E-state index contributed by atoms with van der Waals surface area (Å²) < 4.78 is 21.9. The average molecular weight is 471 g/mol. The van der Waals surface area contributed by atoms with Crippen LogP contribution in [0, 0.1) is 0 Å². The number of fused-ring (bicyclic) bond motifs is 1. The van der Waals surface area contributed by atoms with Gasteiger partial charge in [0, 0.05) is 24.2 Å². The summed E-state index contributed by atoms with van der Waals surface area (Å²) in [5.74, 6) is 1.02. The van der Waals surface area contributed by atoms with Crippen LogP contribution in [0.25, 0.3) is 0 Å². The number of carbonyl (C=O) groups excluding carboxylic acids is 2. The van der Waals surface area contributed by atoms with Gasteiger partial charge in [0.1, 0.15) is 0 Å². The van der Waals surface area contributed by atoms with Crippen LogP contribution in [0.3, 0.4) is 0 Å². The minimum atomic E-state index is -0.424. The number of methoxy groups -OCH3 is 2. The summed E-state index contributed by atoms with van der Waals surface area (Å²) in [5, 5.41) is 0. The summed E-state index contributed by atoms with van der Waals surface area (Å²) in [4.78, 5) is 29.6. The number of carbonyl (C=O) groups is 2. The predicted octanol–water partition coefficient (Wildman–Crippen LogP) is 5.55. The van der Waals surface area contributed by atoms with Crippen LogP contribution < -0.4 is 14.4 Å². The van der Waals surface area contributed by atoms with Gasteiger partial charge >= 0.3 is 12.2 Å². The number of nitrogens with zero attached hydrogens (tertiary/aromatic N) is 2. The molecule has 0 aliphatic carbocycles. The van der Waals surface area contributed by atoms with E-state index in [9.17, 15) is 9.59 Å². The van der Waals surface area contributed by atoms with E-state index in [2.05, 4.69) is 0 Å². The van der Waals surface area contributed by atoms with E-state index in [-0.39, 0.29) is 25.3 Å². The number of ether oxygens (including phenoxy) is 4. The molecule has 0 saturated carbocycles. The van der Waals surface area contributed by atoms with Crippen molar-refractivity contribution in [2.75, 3.05) is 32.3 Å². The van der Waals surface area contributed by atoms with Crippen molar-refractivity contribution < 1.29 is 28.5 Å². The summed E-state index contributed by atoms with van der Waals surface area (Å²) in [6, 6.07) is 12.9. The molecule has 0 spiro atoms. The van der Waals surface area contributed by atoms with Crippen molar-refractivity contribution in [1.29, 1.82) is 0 Å². The molecule has 3 rings (SSSR count). The molecule has 0 N–H and O–H groups in total. The van der Waals surface area contributed by atoms with Gasteiger partial charge in [-0.05, 0) is 38.3 Å². The quantitative estimate of drug-likeness (QED) is 0.503. The number of rotatable bonds is 8. The molecule has 1 aliphatic heterocycles. The first kappa shape index (κ1) is 25.2. The van der Waals surface area contributed by atoms with Crippen LogP contribution in [0.1, 0.15) is 50.8 Å². The van der Waals surface area contributed by atoms with E-state index in [1.54, 1.807) is 43.9 Å². The Morgan fingerprint density at radius 1 is 0.971 bits per heavy atom. The summed E-state index contributed by atoms with van der Waals surface area (Å²) in [5.41, 5.74) is 2.40. The highest BCUT2D eigenvalue weighted by atomic mass is 16.6. The standard InChI is InChI=1S/C26H34N2O6/c1-6-19-14-21(27(25(29)33-7-2)17-18-12-10-9-11-13-18)20-15-23(31-4)24(32-5)16-22(20)28(19)26(30)34-8-3/h9-13,15-16,19,21H,6-8,14,17H2,1-5H3/t19-,21-/m1/s1. The van der Waals surface area contributed by atoms with E-state index in [0.717, 1.165) is 11.1 Å². The lowest BCUT2D eigenvalue weighted by molar-refractivity contribution is 0.0802. The van der Waals surface area contributed by atoms with Gasteiger partial charge in [0.25, 0.3) is 0 Å². The normalized spacial score (nSPS) is 16.9. The zero-order valence-electron chi connectivity index (χ0n) is 20.6. The van der Waals surface area contributed by atoms with E-state index in [1.165, 1.54) is 0 Å². The summed E-state index contributed by atoms with van der Waals surface area (Å²) in [7, 11) is 3.12. The molecule has 0 radical (unpaired) electrons. The highest BCUT2D eigenvalue weighted by Crippen LogP contribution is 2.47. The van der Waals surface area contributed by atoms with E-state index in [4.69, 9.17) is 18.9 Å². The van der Waals surface area contributed by atoms with E-state index >= 15 is 0 Å². The largest absolute Gasteiger partial charge is 0.493 e. The third-order valence-electron chi connectivity index (χ3n) is 6.02. The molecule has 0 fully saturated rings. The number of hydrogen-bond donors (Lipinski definition) is 0. The second kappa shape index (κ2) is 11.6. The monoisotopic (exact) mass is 470 g/mol. The van der Waals surface area contributed by atoms with Crippen molar-refractivity contribution in [2.45, 2.75) is 52.2 Å². The van der Waals surface area contributed by atoms with Crippen LogP contribution in [0.2, 0.25) is 0 Å². The van der Waals surface area contributed by atoms with Gasteiger partial charge in [-0.1, -0.05) is 37.3 Å². The van der Waals surface area contributed by atoms with E-state index in [1.807, 2.05) is 43.3 Å². The fraction of sp³-hybridized carbons (Fsp3) is 0.462. The van der Waals surface area contributed by atoms with Crippen LogP contribution in [0.15, 0.2) is 42.5 Å². The van der Waals surface area contributed by atoms with Crippen molar-refractivity contribution >= 4 is 17.9 Å². The number of amides is 2. The lowest BCUT2D eigenvalue weighted by atomic mass is 9.88. The van der Waals surface area contributed by atoms with Gasteiger partial charge in [0.2, 0.25) is 0 Å². The Hall–Kier alpha value is -3.42. The lowest BCUT2D eigenvalue weighted by Gasteiger charge is -2.43. The van der Waals surface area contributed by atoms with E-state index in [0.29, 0.717) is 36.6 Å². The zero-order chi connectivity index (χ0) is 24.7. The van der Waals surface area contributed by atoms with Gasteiger partial charge < -0.3 is 18.9 Å². The fourth-order valence-corrected chi connectivity index (χ4v) is 4.42. The number of benzene rings is 2. The van der Waals surface area contributed by atoms with Gasteiger partial charge in [0.15, 0.2) is 11.5 Å². The Labute approximate surface area is 201 Å². The molecule has 34 heavy (non-hydrogen) atoms. The molecule has 0 aromatic heterocycles. The molecule has 8 nitrogen and oxygen atoms in total. The molecule has 0 unspecified atom stereocenters. The molecule has 1 aliphatic rings. The minimum absolute atomic E-state index is 0.178. The first-order valence-electron chi connectivity index (χ1n) is 11.7. The Kier molecular flexibility index (Phi) is 8.62. The second-order valence-corrected chi connectivity index (χ2v) is 7.96. The molecule has 1 heterocycles. The Bertz CT molecular complexity index is 981. The third kappa shape index (κ3) is 5.21. The Morgan fingerprint density at radius 3 is 2.21 bits per heavy atom. The van der Waals surface area contributed by atoms with E-state index < -0.39 is 12.2 Å². The van der Waals surface area contributed by atoms with Crippen LogP contribution >= 0.6 is 0 Å². The van der Waals surface area contributed by atoms with Gasteiger partial charge in [0.05, 0.1) is 39.2 Å². The summed E-state index contributed by atoms with van der Waals surface area (Å²) >= 11 is 0. The van der Waals surface area contributed by atoms with Crippen molar-refractivity contribution in [3.05, 3.63) is 53.6 Å². The highest BCUT2D eigenvalue weighted by Gasteiger charge is 2.41. The molecular formula is C26H34N2O6. The topological polar surface area (TPSA) is 77.5 Å². The van der Waals surface area contributed by atoms with Crippen LogP contribution in [0.4, 0.5) is 15.3 Å². The lowest BCUT2D eigenvalue weighted by Crippen LogP contribution is -2.48. The van der Waals surface area contributed by atoms with Gasteiger partial charge in [-0.25, -0.2) is 9.59 Å². The Balaban J connectivity index is 2.17. The van der Waals surface area contributed by atoms with Crippen molar-refractivity contribution in [3.63, 3.8) is 0 Å². The van der Waals surface area contributed by atoms with Crippen molar-refractivity contribution in [1.82, 2.24) is 4.90 Å². The van der Waals surface area contributed by atoms with Crippen LogP contribution in [-0.4, -0.2) is 50.6 Å². The highest BCUT2D eigenvalue weighted by molar-refractivity contribution is 5.91. The first-order valence-corrected chi connectivity index (χ1v) is 11.7. The van der Waals surface area contributed by atoms with Crippen molar-refractivity contribution in [3.8, 4) is 11.5 Å². The zero-order valence-corrected chi connectivity index (χ0v) is 20.6. The second-order valence-electron chi connectivity index (χ2n) is 7.96. The maximum atomic E-state index is 13.2.